The van der Waals surface area contributed by atoms with Crippen molar-refractivity contribution in [3.05, 3.63) is 95.0 Å². The molecule has 29 heavy (non-hydrogen) atoms. The molecule has 0 atom stereocenters. The van der Waals surface area contributed by atoms with Crippen LogP contribution in [0.25, 0.3) is 10.9 Å². The summed E-state index contributed by atoms with van der Waals surface area (Å²) in [5, 5.41) is 6.98. The first-order valence-electron chi connectivity index (χ1n) is 8.89. The van der Waals surface area contributed by atoms with E-state index < -0.39 is 11.7 Å². The van der Waals surface area contributed by atoms with Crippen molar-refractivity contribution in [3.8, 4) is 0 Å². The van der Waals surface area contributed by atoms with Crippen molar-refractivity contribution in [2.24, 2.45) is 0 Å². The summed E-state index contributed by atoms with van der Waals surface area (Å²) < 4.78 is 13.5. The van der Waals surface area contributed by atoms with E-state index in [1.165, 1.54) is 18.5 Å². The highest BCUT2D eigenvalue weighted by molar-refractivity contribution is 6.30. The van der Waals surface area contributed by atoms with Crippen molar-refractivity contribution < 1.29 is 9.18 Å². The van der Waals surface area contributed by atoms with E-state index in [1.54, 1.807) is 12.1 Å². The zero-order chi connectivity index (χ0) is 20.2. The SMILES string of the molecule is O=C(Nc1ccc(CNc2ncnc3ccccc23)cc1)c1ccc(Cl)c(F)c1. The van der Waals surface area contributed by atoms with Crippen LogP contribution in [0.15, 0.2) is 73.1 Å². The van der Waals surface area contributed by atoms with Crippen LogP contribution >= 0.6 is 11.6 Å². The maximum atomic E-state index is 13.5. The molecule has 0 saturated carbocycles. The third kappa shape index (κ3) is 4.33. The number of benzene rings is 3. The number of rotatable bonds is 5. The molecule has 1 heterocycles. The Bertz CT molecular complexity index is 1180. The van der Waals surface area contributed by atoms with Gasteiger partial charge in [-0.05, 0) is 48.0 Å². The molecule has 0 aliphatic rings. The van der Waals surface area contributed by atoms with Crippen LogP contribution < -0.4 is 10.6 Å². The molecule has 4 rings (SSSR count). The first-order chi connectivity index (χ1) is 14.1. The summed E-state index contributed by atoms with van der Waals surface area (Å²) >= 11 is 5.65. The number of hydrogen-bond donors (Lipinski definition) is 2. The zero-order valence-electron chi connectivity index (χ0n) is 15.2. The summed E-state index contributed by atoms with van der Waals surface area (Å²) in [4.78, 5) is 20.8. The summed E-state index contributed by atoms with van der Waals surface area (Å²) in [6, 6.07) is 19.1. The lowest BCUT2D eigenvalue weighted by atomic mass is 10.1. The van der Waals surface area contributed by atoms with Crippen LogP contribution in [0.4, 0.5) is 15.9 Å². The molecule has 144 valence electrons. The van der Waals surface area contributed by atoms with Crippen molar-refractivity contribution in [3.63, 3.8) is 0 Å². The fourth-order valence-corrected chi connectivity index (χ4v) is 3.00. The first-order valence-corrected chi connectivity index (χ1v) is 9.27. The molecule has 0 bridgehead atoms. The third-order valence-corrected chi connectivity index (χ3v) is 4.70. The van der Waals surface area contributed by atoms with E-state index in [0.717, 1.165) is 28.4 Å². The van der Waals surface area contributed by atoms with E-state index in [9.17, 15) is 9.18 Å². The number of nitrogens with one attached hydrogen (secondary N) is 2. The number of fused-ring (bicyclic) bond motifs is 1. The van der Waals surface area contributed by atoms with Gasteiger partial charge in [0.15, 0.2) is 0 Å². The van der Waals surface area contributed by atoms with Gasteiger partial charge in [-0.15, -0.1) is 0 Å². The van der Waals surface area contributed by atoms with E-state index >= 15 is 0 Å². The summed E-state index contributed by atoms with van der Waals surface area (Å²) in [5.41, 5.74) is 2.71. The molecule has 0 radical (unpaired) electrons. The molecule has 0 unspecified atom stereocenters. The average Bonchev–Trinajstić information content (AvgIpc) is 2.75. The molecule has 1 amide bonds. The topological polar surface area (TPSA) is 66.9 Å². The minimum absolute atomic E-state index is 0.0186. The van der Waals surface area contributed by atoms with E-state index in [1.807, 2.05) is 36.4 Å². The average molecular weight is 407 g/mol. The van der Waals surface area contributed by atoms with Gasteiger partial charge in [-0.1, -0.05) is 35.9 Å². The molecule has 0 saturated heterocycles. The quantitative estimate of drug-likeness (QED) is 0.472. The number of carbonyl (C=O) groups is 1. The van der Waals surface area contributed by atoms with Crippen LogP contribution in [0, 0.1) is 5.82 Å². The highest BCUT2D eigenvalue weighted by atomic mass is 35.5. The molecule has 0 aliphatic carbocycles. The predicted molar refractivity (Wildman–Crippen MR) is 113 cm³/mol. The molecule has 5 nitrogen and oxygen atoms in total. The second-order valence-electron chi connectivity index (χ2n) is 6.37. The Morgan fingerprint density at radius 3 is 2.59 bits per heavy atom. The largest absolute Gasteiger partial charge is 0.365 e. The number of halogens is 2. The van der Waals surface area contributed by atoms with Crippen molar-refractivity contribution in [1.82, 2.24) is 9.97 Å². The predicted octanol–water partition coefficient (Wildman–Crippen LogP) is 5.29. The highest BCUT2D eigenvalue weighted by Crippen LogP contribution is 2.20. The summed E-state index contributed by atoms with van der Waals surface area (Å²) in [6.07, 6.45) is 1.53. The Labute approximate surface area is 171 Å². The van der Waals surface area contributed by atoms with Gasteiger partial charge in [0.2, 0.25) is 0 Å². The Morgan fingerprint density at radius 2 is 1.79 bits per heavy atom. The monoisotopic (exact) mass is 406 g/mol. The lowest BCUT2D eigenvalue weighted by Crippen LogP contribution is -2.12. The third-order valence-electron chi connectivity index (χ3n) is 4.40. The van der Waals surface area contributed by atoms with Crippen LogP contribution in [0.1, 0.15) is 15.9 Å². The van der Waals surface area contributed by atoms with Crippen LogP contribution in [0.2, 0.25) is 5.02 Å². The summed E-state index contributed by atoms with van der Waals surface area (Å²) in [7, 11) is 0. The van der Waals surface area contributed by atoms with Crippen molar-refractivity contribution in [1.29, 1.82) is 0 Å². The maximum Gasteiger partial charge on any atom is 0.255 e. The van der Waals surface area contributed by atoms with Gasteiger partial charge >= 0.3 is 0 Å². The number of para-hydroxylation sites is 1. The number of anilines is 2. The van der Waals surface area contributed by atoms with Crippen LogP contribution in [0.3, 0.4) is 0 Å². The molecular weight excluding hydrogens is 391 g/mol. The highest BCUT2D eigenvalue weighted by Gasteiger charge is 2.09. The van der Waals surface area contributed by atoms with Gasteiger partial charge in [0, 0.05) is 23.2 Å². The molecular formula is C22H16ClFN4O. The molecule has 3 aromatic carbocycles. The zero-order valence-corrected chi connectivity index (χ0v) is 15.9. The normalized spacial score (nSPS) is 10.7. The number of hydrogen-bond acceptors (Lipinski definition) is 4. The maximum absolute atomic E-state index is 13.5. The Hall–Kier alpha value is -3.51. The van der Waals surface area contributed by atoms with E-state index in [-0.39, 0.29) is 10.6 Å². The lowest BCUT2D eigenvalue weighted by Gasteiger charge is -2.10. The second-order valence-corrected chi connectivity index (χ2v) is 6.78. The van der Waals surface area contributed by atoms with Crippen molar-refractivity contribution in [2.45, 2.75) is 6.54 Å². The van der Waals surface area contributed by atoms with E-state index in [0.29, 0.717) is 12.2 Å². The summed E-state index contributed by atoms with van der Waals surface area (Å²) in [5.74, 6) is -0.269. The minimum Gasteiger partial charge on any atom is -0.365 e. The van der Waals surface area contributed by atoms with Gasteiger partial charge in [0.05, 0.1) is 10.5 Å². The Morgan fingerprint density at radius 1 is 1.00 bits per heavy atom. The molecule has 0 fully saturated rings. The van der Waals surface area contributed by atoms with Crippen LogP contribution in [0.5, 0.6) is 0 Å². The first kappa shape index (κ1) is 18.8. The molecule has 2 N–H and O–H groups in total. The smallest absolute Gasteiger partial charge is 0.255 e. The number of aromatic nitrogens is 2. The lowest BCUT2D eigenvalue weighted by molar-refractivity contribution is 0.102. The minimum atomic E-state index is -0.627. The van der Waals surface area contributed by atoms with E-state index in [2.05, 4.69) is 20.6 Å². The second kappa shape index (κ2) is 8.24. The number of carbonyl (C=O) groups excluding carboxylic acids is 1. The fraction of sp³-hybridized carbons (Fsp3) is 0.0455. The molecule has 1 aromatic heterocycles. The van der Waals surface area contributed by atoms with Gasteiger partial charge in [-0.3, -0.25) is 4.79 Å². The van der Waals surface area contributed by atoms with Gasteiger partial charge < -0.3 is 10.6 Å². The van der Waals surface area contributed by atoms with Crippen molar-refractivity contribution >= 4 is 39.9 Å². The molecule has 0 spiro atoms. The fourth-order valence-electron chi connectivity index (χ4n) is 2.88. The van der Waals surface area contributed by atoms with Gasteiger partial charge in [-0.2, -0.15) is 0 Å². The van der Waals surface area contributed by atoms with E-state index in [4.69, 9.17) is 11.6 Å². The Kier molecular flexibility index (Phi) is 5.35. The van der Waals surface area contributed by atoms with Gasteiger partial charge in [-0.25, -0.2) is 14.4 Å². The summed E-state index contributed by atoms with van der Waals surface area (Å²) in [6.45, 7) is 0.567. The van der Waals surface area contributed by atoms with Crippen molar-refractivity contribution in [2.75, 3.05) is 10.6 Å². The van der Waals surface area contributed by atoms with Crippen LogP contribution in [-0.2, 0) is 6.54 Å². The number of amides is 1. The van der Waals surface area contributed by atoms with Crippen LogP contribution in [-0.4, -0.2) is 15.9 Å². The Balaban J connectivity index is 1.41. The molecule has 0 aliphatic heterocycles. The molecule has 4 aromatic rings. The molecule has 7 heteroatoms. The van der Waals surface area contributed by atoms with Gasteiger partial charge in [0.1, 0.15) is 18.0 Å². The van der Waals surface area contributed by atoms with Gasteiger partial charge in [0.25, 0.3) is 5.91 Å². The number of nitrogens with zero attached hydrogens (tertiary/aromatic N) is 2. The standard InChI is InChI=1S/C22H16ClFN4O/c23-18-10-7-15(11-19(18)24)22(29)28-16-8-5-14(6-9-16)12-25-21-17-3-1-2-4-20(17)26-13-27-21/h1-11,13H,12H2,(H,28,29)(H,25,26,27).